The number of carbonyl (C=O) groups excluding carboxylic acids is 1. The monoisotopic (exact) mass is 717 g/mol. The minimum atomic E-state index is -5.08. The molecular formula is C34H38F3N5O7S. The number of aliphatic carboxylic acids is 1. The molecule has 16 heteroatoms. The molecule has 0 spiro atoms. The molecule has 0 aliphatic carbocycles. The second-order valence-electron chi connectivity index (χ2n) is 11.6. The van der Waals surface area contributed by atoms with Crippen molar-refractivity contribution in [3.8, 4) is 11.5 Å². The number of anilines is 2. The Balaban J connectivity index is 0.000000727. The van der Waals surface area contributed by atoms with E-state index in [4.69, 9.17) is 30.2 Å². The Labute approximate surface area is 287 Å². The van der Waals surface area contributed by atoms with Gasteiger partial charge in [0.25, 0.3) is 0 Å². The van der Waals surface area contributed by atoms with Gasteiger partial charge in [0.05, 0.1) is 23.6 Å². The number of likely N-dealkylation sites (tertiary alicyclic amines) is 1. The molecule has 1 fully saturated rings. The number of carboxylic acids is 1. The number of rotatable bonds is 10. The number of halogens is 3. The van der Waals surface area contributed by atoms with Gasteiger partial charge in [0.15, 0.2) is 11.5 Å². The molecule has 0 radical (unpaired) electrons. The van der Waals surface area contributed by atoms with Crippen LogP contribution >= 0.6 is 0 Å². The molecule has 1 aliphatic heterocycles. The molecule has 1 amide bonds. The predicted octanol–water partition coefficient (Wildman–Crippen LogP) is 5.80. The number of alkyl halides is 3. The van der Waals surface area contributed by atoms with Gasteiger partial charge in [-0.3, -0.25) is 4.79 Å². The van der Waals surface area contributed by atoms with E-state index in [0.29, 0.717) is 42.5 Å². The third kappa shape index (κ3) is 9.32. The van der Waals surface area contributed by atoms with E-state index in [0.717, 1.165) is 28.4 Å². The van der Waals surface area contributed by atoms with Crippen LogP contribution in [0.15, 0.2) is 77.8 Å². The SMILES string of the molecule is CCOc1cc(C(Nc2ccc3c(N)nccc3c2)C(=O)N2CCCC2c2cccc(S(N)(=O)=O)c2)ccc1OC(C)C.O=C(O)C(F)(F)F. The van der Waals surface area contributed by atoms with E-state index < -0.39 is 28.2 Å². The lowest BCUT2D eigenvalue weighted by atomic mass is 10.0. The van der Waals surface area contributed by atoms with Crippen LogP contribution in [0.1, 0.15) is 56.8 Å². The topological polar surface area (TPSA) is 187 Å². The summed E-state index contributed by atoms with van der Waals surface area (Å²) in [6, 6.07) is 18.5. The first-order chi connectivity index (χ1) is 23.5. The average molecular weight is 718 g/mol. The van der Waals surface area contributed by atoms with Crippen molar-refractivity contribution >= 4 is 44.2 Å². The minimum Gasteiger partial charge on any atom is -0.490 e. The summed E-state index contributed by atoms with van der Waals surface area (Å²) in [6.45, 7) is 6.73. The number of nitrogens with two attached hydrogens (primary N) is 2. The Morgan fingerprint density at radius 3 is 2.44 bits per heavy atom. The van der Waals surface area contributed by atoms with Crippen LogP contribution in [0.25, 0.3) is 10.8 Å². The van der Waals surface area contributed by atoms with Crippen molar-refractivity contribution in [1.29, 1.82) is 0 Å². The molecule has 6 N–H and O–H groups in total. The number of aromatic nitrogens is 1. The Morgan fingerprint density at radius 2 is 1.80 bits per heavy atom. The second-order valence-corrected chi connectivity index (χ2v) is 13.2. The van der Waals surface area contributed by atoms with Gasteiger partial charge in [-0.2, -0.15) is 13.2 Å². The maximum absolute atomic E-state index is 14.5. The van der Waals surface area contributed by atoms with Gasteiger partial charge in [-0.15, -0.1) is 0 Å². The number of nitrogens with one attached hydrogen (secondary N) is 1. The number of hydrogen-bond donors (Lipinski definition) is 4. The molecule has 50 heavy (non-hydrogen) atoms. The number of hydrogen-bond acceptors (Lipinski definition) is 9. The van der Waals surface area contributed by atoms with Crippen LogP contribution in [0.3, 0.4) is 0 Å². The molecule has 4 aromatic rings. The number of sulfonamides is 1. The van der Waals surface area contributed by atoms with Gasteiger partial charge in [-0.1, -0.05) is 18.2 Å². The summed E-state index contributed by atoms with van der Waals surface area (Å²) < 4.78 is 67.7. The molecule has 1 aliphatic rings. The fraction of sp³-hybridized carbons (Fsp3) is 0.324. The lowest BCUT2D eigenvalue weighted by Gasteiger charge is -2.31. The summed E-state index contributed by atoms with van der Waals surface area (Å²) in [4.78, 5) is 29.4. The van der Waals surface area contributed by atoms with E-state index in [9.17, 15) is 26.4 Å². The fourth-order valence-electron chi connectivity index (χ4n) is 5.51. The summed E-state index contributed by atoms with van der Waals surface area (Å²) in [5, 5.41) is 17.7. The maximum atomic E-state index is 14.5. The van der Waals surface area contributed by atoms with Crippen molar-refractivity contribution < 1.29 is 45.8 Å². The highest BCUT2D eigenvalue weighted by Crippen LogP contribution is 2.38. The Morgan fingerprint density at radius 1 is 1.08 bits per heavy atom. The van der Waals surface area contributed by atoms with Gasteiger partial charge < -0.3 is 30.5 Å². The Hall–Kier alpha value is -5.09. The largest absolute Gasteiger partial charge is 0.490 e. The van der Waals surface area contributed by atoms with Gasteiger partial charge in [-0.05, 0) is 98.7 Å². The third-order valence-electron chi connectivity index (χ3n) is 7.67. The highest BCUT2D eigenvalue weighted by Gasteiger charge is 2.38. The summed E-state index contributed by atoms with van der Waals surface area (Å²) in [5.74, 6) is -1.34. The van der Waals surface area contributed by atoms with Crippen molar-refractivity contribution in [1.82, 2.24) is 9.88 Å². The third-order valence-corrected chi connectivity index (χ3v) is 8.58. The highest BCUT2D eigenvalue weighted by molar-refractivity contribution is 7.89. The summed E-state index contributed by atoms with van der Waals surface area (Å²) in [7, 11) is -3.89. The molecule has 1 aromatic heterocycles. The van der Waals surface area contributed by atoms with Gasteiger partial charge in [0, 0.05) is 23.8 Å². The lowest BCUT2D eigenvalue weighted by molar-refractivity contribution is -0.192. The van der Waals surface area contributed by atoms with E-state index in [-0.39, 0.29) is 22.9 Å². The minimum absolute atomic E-state index is 0.0194. The van der Waals surface area contributed by atoms with Crippen LogP contribution in [0.2, 0.25) is 0 Å². The standard InChI is InChI=1S/C32H37N5O5S.C2HF3O2/c1-4-41-29-19-23(10-13-28(29)42-20(2)3)30(36-24-11-12-26-21(17-24)14-15-35-31(26)33)32(38)37-16-6-9-27(37)22-7-5-8-25(18-22)43(34,39)40;3-2(4,5)1(6)7/h5,7-8,10-15,17-20,27,30,36H,4,6,9,16H2,1-3H3,(H2,33,35)(H2,34,39,40);(H,6,7). The quantitative estimate of drug-likeness (QED) is 0.156. The Kier molecular flexibility index (Phi) is 11.8. The summed E-state index contributed by atoms with van der Waals surface area (Å²) in [6.07, 6.45) is -2.02. The second kappa shape index (κ2) is 15.6. The first kappa shape index (κ1) is 37.7. The van der Waals surface area contributed by atoms with E-state index in [1.165, 1.54) is 6.07 Å². The smallest absolute Gasteiger partial charge is 0.490 e. The van der Waals surface area contributed by atoms with Gasteiger partial charge in [0.2, 0.25) is 15.9 Å². The molecule has 268 valence electrons. The van der Waals surface area contributed by atoms with Crippen LogP contribution in [0.4, 0.5) is 24.7 Å². The molecular weight excluding hydrogens is 679 g/mol. The van der Waals surface area contributed by atoms with Crippen LogP contribution in [0.5, 0.6) is 11.5 Å². The highest BCUT2D eigenvalue weighted by atomic mass is 32.2. The maximum Gasteiger partial charge on any atom is 0.490 e. The van der Waals surface area contributed by atoms with Crippen LogP contribution in [-0.2, 0) is 19.6 Å². The van der Waals surface area contributed by atoms with Gasteiger partial charge in [-0.25, -0.2) is 23.3 Å². The zero-order valence-corrected chi connectivity index (χ0v) is 28.3. The van der Waals surface area contributed by atoms with Crippen LogP contribution < -0.4 is 25.7 Å². The van der Waals surface area contributed by atoms with Crippen molar-refractivity contribution in [2.24, 2.45) is 5.14 Å². The van der Waals surface area contributed by atoms with Gasteiger partial charge >= 0.3 is 12.1 Å². The molecule has 2 atom stereocenters. The molecule has 5 rings (SSSR count). The normalized spacial score (nSPS) is 15.3. The zero-order chi connectivity index (χ0) is 36.8. The molecule has 2 heterocycles. The van der Waals surface area contributed by atoms with Crippen molar-refractivity contribution in [2.75, 3.05) is 24.2 Å². The van der Waals surface area contributed by atoms with Crippen molar-refractivity contribution in [2.45, 2.75) is 62.9 Å². The first-order valence-corrected chi connectivity index (χ1v) is 17.1. The number of benzene rings is 3. The molecule has 0 bridgehead atoms. The number of amides is 1. The number of carboxylic acid groups (broad SMARTS) is 1. The van der Waals surface area contributed by atoms with E-state index in [1.807, 2.05) is 74.2 Å². The molecule has 1 saturated heterocycles. The average Bonchev–Trinajstić information content (AvgIpc) is 3.54. The van der Waals surface area contributed by atoms with Crippen LogP contribution in [-0.4, -0.2) is 60.7 Å². The zero-order valence-electron chi connectivity index (χ0n) is 27.5. The Bertz CT molecular complexity index is 1960. The fourth-order valence-corrected chi connectivity index (χ4v) is 6.08. The van der Waals surface area contributed by atoms with E-state index >= 15 is 0 Å². The van der Waals surface area contributed by atoms with Crippen molar-refractivity contribution in [3.63, 3.8) is 0 Å². The molecule has 3 aromatic carbocycles. The number of nitrogens with zero attached hydrogens (tertiary/aromatic N) is 2. The number of carbonyl (C=O) groups is 2. The number of fused-ring (bicyclic) bond motifs is 1. The number of ether oxygens (including phenoxy) is 2. The predicted molar refractivity (Wildman–Crippen MR) is 181 cm³/mol. The number of pyridine rings is 1. The first-order valence-electron chi connectivity index (χ1n) is 15.6. The summed E-state index contributed by atoms with van der Waals surface area (Å²) in [5.41, 5.74) is 8.21. The van der Waals surface area contributed by atoms with Crippen LogP contribution in [0, 0.1) is 0 Å². The lowest BCUT2D eigenvalue weighted by Crippen LogP contribution is -2.37. The summed E-state index contributed by atoms with van der Waals surface area (Å²) >= 11 is 0. The molecule has 0 saturated carbocycles. The van der Waals surface area contributed by atoms with Gasteiger partial charge in [0.1, 0.15) is 11.9 Å². The van der Waals surface area contributed by atoms with E-state index in [1.54, 1.807) is 18.3 Å². The molecule has 2 unspecified atom stereocenters. The number of primary sulfonamides is 1. The number of nitrogen functional groups attached to an aromatic ring is 1. The van der Waals surface area contributed by atoms with E-state index in [2.05, 4.69) is 10.3 Å². The molecule has 12 nitrogen and oxygen atoms in total. The van der Waals surface area contributed by atoms with Crippen molar-refractivity contribution in [3.05, 3.63) is 84.1 Å².